The van der Waals surface area contributed by atoms with Crippen molar-refractivity contribution in [2.24, 2.45) is 10.9 Å². The maximum atomic E-state index is 10.5. The maximum absolute atomic E-state index is 10.5. The highest BCUT2D eigenvalue weighted by Gasteiger charge is 2.39. The fourth-order valence-electron chi connectivity index (χ4n) is 1.53. The zero-order valence-corrected chi connectivity index (χ0v) is 12.2. The predicted molar refractivity (Wildman–Crippen MR) is 71.3 cm³/mol. The minimum atomic E-state index is -1.86. The first-order valence-corrected chi connectivity index (χ1v) is 9.42. The molecule has 0 radical (unpaired) electrons. The molecular weight excluding hydrogens is 258 g/mol. The number of nitrogens with two attached hydrogens (primary N) is 1. The molecule has 0 spiro atoms. The first kappa shape index (κ1) is 14.3. The van der Waals surface area contributed by atoms with Gasteiger partial charge in [-0.2, -0.15) is 11.8 Å². The van der Waals surface area contributed by atoms with Gasteiger partial charge < -0.3 is 19.9 Å². The molecule has 0 aromatic carbocycles. The lowest BCUT2D eigenvalue weighted by Gasteiger charge is -2.27. The van der Waals surface area contributed by atoms with E-state index in [1.807, 2.05) is 6.92 Å². The van der Waals surface area contributed by atoms with E-state index >= 15 is 0 Å². The largest absolute Gasteiger partial charge is 0.480 e. The van der Waals surface area contributed by atoms with Gasteiger partial charge in [-0.05, 0) is 20.0 Å². The molecule has 6 nitrogen and oxygen atoms in total. The van der Waals surface area contributed by atoms with E-state index < -0.39 is 20.5 Å². The fraction of sp³-hybridized carbons (Fsp3) is 0.778. The topological polar surface area (TPSA) is 88.1 Å². The number of oxime groups is 1. The number of hydrogen-bond acceptors (Lipinski definition) is 6. The second-order valence-electron chi connectivity index (χ2n) is 4.35. The van der Waals surface area contributed by atoms with E-state index in [1.54, 1.807) is 11.8 Å². The van der Waals surface area contributed by atoms with E-state index in [1.165, 1.54) is 0 Å². The van der Waals surface area contributed by atoms with E-state index in [4.69, 9.17) is 15.4 Å². The average Bonchev–Trinajstić information content (AvgIpc) is 2.49. The van der Waals surface area contributed by atoms with E-state index in [0.717, 1.165) is 18.1 Å². The lowest BCUT2D eigenvalue weighted by molar-refractivity contribution is -0.137. The molecule has 0 amide bonds. The van der Waals surface area contributed by atoms with Crippen LogP contribution in [0.3, 0.4) is 0 Å². The third kappa shape index (κ3) is 3.89. The SMILES string of the molecule is CC1=NO[Si](C)(C)N1CCSCC(N)C(=O)O. The number of carbonyl (C=O) groups is 1. The van der Waals surface area contributed by atoms with Crippen LogP contribution in [-0.2, 0) is 9.32 Å². The van der Waals surface area contributed by atoms with Crippen molar-refractivity contribution in [1.29, 1.82) is 0 Å². The van der Waals surface area contributed by atoms with Crippen molar-refractivity contribution in [3.8, 4) is 0 Å². The van der Waals surface area contributed by atoms with E-state index in [-0.39, 0.29) is 0 Å². The summed E-state index contributed by atoms with van der Waals surface area (Å²) in [4.78, 5) is 10.5. The number of aliphatic carboxylic acids is 1. The second-order valence-corrected chi connectivity index (χ2v) is 9.11. The molecule has 0 aromatic heterocycles. The van der Waals surface area contributed by atoms with Gasteiger partial charge in [-0.15, -0.1) is 0 Å². The molecule has 0 bridgehead atoms. The van der Waals surface area contributed by atoms with Crippen molar-refractivity contribution in [2.75, 3.05) is 18.1 Å². The summed E-state index contributed by atoms with van der Waals surface area (Å²) in [5, 5.41) is 12.6. The standard InChI is InChI=1S/C9H19N3O3SSi/c1-7-11-15-17(2,3)12(7)4-5-16-6-8(10)9(13)14/h8H,4-6,10H2,1-3H3,(H,13,14). The number of hydrogen-bond donors (Lipinski definition) is 2. The van der Waals surface area contributed by atoms with Crippen molar-refractivity contribution in [3.63, 3.8) is 0 Å². The summed E-state index contributed by atoms with van der Waals surface area (Å²) in [7, 11) is -1.86. The Hall–Kier alpha value is -0.733. The molecule has 98 valence electrons. The van der Waals surface area contributed by atoms with Crippen LogP contribution in [0, 0.1) is 0 Å². The van der Waals surface area contributed by atoms with Crippen LogP contribution in [-0.4, -0.2) is 54.0 Å². The van der Waals surface area contributed by atoms with Gasteiger partial charge in [-0.3, -0.25) is 4.79 Å². The number of amidine groups is 1. The van der Waals surface area contributed by atoms with Crippen LogP contribution in [0.2, 0.25) is 13.1 Å². The Bertz CT molecular complexity index is 325. The van der Waals surface area contributed by atoms with Crippen LogP contribution in [0.1, 0.15) is 6.92 Å². The predicted octanol–water partition coefficient (Wildman–Crippen LogP) is 0.499. The van der Waals surface area contributed by atoms with Crippen LogP contribution in [0.25, 0.3) is 0 Å². The molecule has 1 aliphatic heterocycles. The van der Waals surface area contributed by atoms with Gasteiger partial charge in [-0.1, -0.05) is 5.16 Å². The lowest BCUT2D eigenvalue weighted by Crippen LogP contribution is -2.49. The Balaban J connectivity index is 2.27. The molecular formula is C9H19N3O3SSi. The van der Waals surface area contributed by atoms with Gasteiger partial charge in [0.05, 0.1) is 0 Å². The third-order valence-corrected chi connectivity index (χ3v) is 5.97. The van der Waals surface area contributed by atoms with E-state index in [9.17, 15) is 4.79 Å². The van der Waals surface area contributed by atoms with Crippen LogP contribution < -0.4 is 5.73 Å². The highest BCUT2D eigenvalue weighted by molar-refractivity contribution is 7.99. The van der Waals surface area contributed by atoms with Crippen molar-refractivity contribution in [3.05, 3.63) is 0 Å². The van der Waals surface area contributed by atoms with Crippen LogP contribution in [0.5, 0.6) is 0 Å². The first-order valence-electron chi connectivity index (χ1n) is 5.41. The van der Waals surface area contributed by atoms with Gasteiger partial charge >= 0.3 is 14.4 Å². The maximum Gasteiger partial charge on any atom is 0.385 e. The Morgan fingerprint density at radius 2 is 2.35 bits per heavy atom. The molecule has 0 aromatic rings. The molecule has 1 atom stereocenters. The van der Waals surface area contributed by atoms with Crippen LogP contribution >= 0.6 is 11.8 Å². The minimum Gasteiger partial charge on any atom is -0.480 e. The highest BCUT2D eigenvalue weighted by Crippen LogP contribution is 2.20. The van der Waals surface area contributed by atoms with Crippen molar-refractivity contribution in [2.45, 2.75) is 26.1 Å². The summed E-state index contributed by atoms with van der Waals surface area (Å²) >= 11 is 1.54. The number of thioether (sulfide) groups is 1. The molecule has 0 fully saturated rings. The molecule has 1 aliphatic rings. The van der Waals surface area contributed by atoms with Crippen molar-refractivity contribution in [1.82, 2.24) is 4.57 Å². The lowest BCUT2D eigenvalue weighted by atomic mass is 10.4. The van der Waals surface area contributed by atoms with Gasteiger partial charge in [0.1, 0.15) is 11.9 Å². The zero-order chi connectivity index (χ0) is 13.1. The summed E-state index contributed by atoms with van der Waals surface area (Å²) in [5.74, 6) is 1.22. The first-order chi connectivity index (χ1) is 7.84. The van der Waals surface area contributed by atoms with Crippen LogP contribution in [0.4, 0.5) is 0 Å². The molecule has 17 heavy (non-hydrogen) atoms. The smallest absolute Gasteiger partial charge is 0.385 e. The molecule has 0 saturated carbocycles. The minimum absolute atomic E-state index is 0.433. The number of carboxylic acid groups (broad SMARTS) is 1. The normalized spacial score (nSPS) is 19.8. The number of carboxylic acids is 1. The summed E-state index contributed by atoms with van der Waals surface area (Å²) in [6.45, 7) is 6.92. The quantitative estimate of drug-likeness (QED) is 0.543. The average molecular weight is 277 g/mol. The van der Waals surface area contributed by atoms with Gasteiger partial charge in [0.15, 0.2) is 0 Å². The van der Waals surface area contributed by atoms with Gasteiger partial charge in [0.2, 0.25) is 0 Å². The van der Waals surface area contributed by atoms with E-state index in [2.05, 4.69) is 22.8 Å². The molecule has 3 N–H and O–H groups in total. The monoisotopic (exact) mass is 277 g/mol. The van der Waals surface area contributed by atoms with E-state index in [0.29, 0.717) is 5.75 Å². The fourth-order valence-corrected chi connectivity index (χ4v) is 4.50. The van der Waals surface area contributed by atoms with Gasteiger partial charge in [-0.25, -0.2) is 0 Å². The molecule has 0 saturated heterocycles. The molecule has 0 aliphatic carbocycles. The van der Waals surface area contributed by atoms with Gasteiger partial charge in [0, 0.05) is 18.1 Å². The van der Waals surface area contributed by atoms with Crippen molar-refractivity contribution < 1.29 is 14.4 Å². The molecule has 8 heteroatoms. The molecule has 1 rings (SSSR count). The Morgan fingerprint density at radius 1 is 1.71 bits per heavy atom. The Kier molecular flexibility index (Phi) is 4.84. The summed E-state index contributed by atoms with van der Waals surface area (Å²) in [6.07, 6.45) is 0. The Morgan fingerprint density at radius 3 is 2.82 bits per heavy atom. The Labute approximate surface area is 106 Å². The summed E-state index contributed by atoms with van der Waals surface area (Å²) in [5.41, 5.74) is 5.42. The van der Waals surface area contributed by atoms with Crippen LogP contribution in [0.15, 0.2) is 5.16 Å². The number of rotatable bonds is 6. The third-order valence-electron chi connectivity index (χ3n) is 2.52. The second kappa shape index (κ2) is 5.74. The molecule has 1 heterocycles. The summed E-state index contributed by atoms with van der Waals surface area (Å²) in [6, 6.07) is -0.783. The summed E-state index contributed by atoms with van der Waals surface area (Å²) < 4.78 is 7.59. The van der Waals surface area contributed by atoms with Gasteiger partial charge in [0.25, 0.3) is 0 Å². The molecule has 1 unspecified atom stereocenters. The zero-order valence-electron chi connectivity index (χ0n) is 10.3. The highest BCUT2D eigenvalue weighted by atomic mass is 32.2. The van der Waals surface area contributed by atoms with Crippen molar-refractivity contribution >= 4 is 32.0 Å². The number of nitrogens with zero attached hydrogens (tertiary/aromatic N) is 2.